The molecule has 32 heavy (non-hydrogen) atoms. The maximum absolute atomic E-state index is 13.2. The monoisotopic (exact) mass is 501 g/mol. The summed E-state index contributed by atoms with van der Waals surface area (Å²) in [6, 6.07) is 10.6. The molecule has 6 rings (SSSR count). The van der Waals surface area contributed by atoms with Crippen molar-refractivity contribution < 1.29 is 13.9 Å². The average Bonchev–Trinajstić information content (AvgIpc) is 2.70. The van der Waals surface area contributed by atoms with Gasteiger partial charge in [0.2, 0.25) is 0 Å². The summed E-state index contributed by atoms with van der Waals surface area (Å²) in [6.45, 7) is 6.21. The van der Waals surface area contributed by atoms with E-state index in [9.17, 15) is 4.39 Å². The van der Waals surface area contributed by atoms with Crippen molar-refractivity contribution in [1.29, 1.82) is 0 Å². The fourth-order valence-electron chi connectivity index (χ4n) is 7.69. The Morgan fingerprint density at radius 3 is 2.31 bits per heavy atom. The number of methoxy groups -OCH3 is 1. The van der Waals surface area contributed by atoms with Crippen LogP contribution in [0, 0.1) is 22.6 Å². The van der Waals surface area contributed by atoms with Gasteiger partial charge in [0.25, 0.3) is 0 Å². The largest absolute Gasteiger partial charge is 0.493 e. The van der Waals surface area contributed by atoms with E-state index in [2.05, 4.69) is 47.2 Å². The van der Waals surface area contributed by atoms with E-state index in [4.69, 9.17) is 9.47 Å². The fraction of sp³-hybridized carbons (Fsp3) is 0.556. The van der Waals surface area contributed by atoms with Crippen LogP contribution in [0.15, 0.2) is 40.9 Å². The molecule has 0 aliphatic heterocycles. The van der Waals surface area contributed by atoms with Gasteiger partial charge in [-0.05, 0) is 107 Å². The Labute approximate surface area is 199 Å². The number of hydrogen-bond donors (Lipinski definition) is 1. The summed E-state index contributed by atoms with van der Waals surface area (Å²) in [7, 11) is 1.67. The van der Waals surface area contributed by atoms with Crippen molar-refractivity contribution in [2.45, 2.75) is 71.1 Å². The first-order valence-corrected chi connectivity index (χ1v) is 12.5. The van der Waals surface area contributed by atoms with Crippen molar-refractivity contribution in [3.63, 3.8) is 0 Å². The lowest BCUT2D eigenvalue weighted by Crippen LogP contribution is -2.63. The fourth-order valence-corrected chi connectivity index (χ4v) is 8.29. The van der Waals surface area contributed by atoms with E-state index in [1.54, 1.807) is 19.2 Å². The number of halogens is 2. The topological polar surface area (TPSA) is 30.5 Å². The maximum Gasteiger partial charge on any atom is 0.175 e. The summed E-state index contributed by atoms with van der Waals surface area (Å²) in [6.07, 6.45) is 8.11. The van der Waals surface area contributed by atoms with E-state index in [0.29, 0.717) is 28.9 Å². The number of ether oxygens (including phenoxy) is 2. The van der Waals surface area contributed by atoms with Gasteiger partial charge in [0.15, 0.2) is 11.5 Å². The first kappa shape index (κ1) is 22.2. The molecular weight excluding hydrogens is 469 g/mol. The lowest BCUT2D eigenvalue weighted by molar-refractivity contribution is -0.118. The first-order valence-electron chi connectivity index (χ1n) is 11.7. The van der Waals surface area contributed by atoms with Crippen LogP contribution in [0.2, 0.25) is 0 Å². The maximum atomic E-state index is 13.2. The predicted molar refractivity (Wildman–Crippen MR) is 128 cm³/mol. The van der Waals surface area contributed by atoms with Gasteiger partial charge in [-0.15, -0.1) is 0 Å². The van der Waals surface area contributed by atoms with Crippen LogP contribution in [0.3, 0.4) is 0 Å². The number of hydrogen-bond acceptors (Lipinski definition) is 3. The molecule has 2 unspecified atom stereocenters. The number of nitrogens with one attached hydrogen (secondary N) is 1. The molecule has 0 amide bonds. The number of benzene rings is 2. The van der Waals surface area contributed by atoms with Crippen molar-refractivity contribution in [2.75, 3.05) is 7.11 Å². The van der Waals surface area contributed by atoms with Crippen LogP contribution in [0.25, 0.3) is 0 Å². The zero-order chi connectivity index (χ0) is 22.6. The molecule has 0 radical (unpaired) electrons. The van der Waals surface area contributed by atoms with Crippen LogP contribution in [-0.2, 0) is 13.2 Å². The second-order valence-corrected chi connectivity index (χ2v) is 12.1. The molecule has 4 atom stereocenters. The summed E-state index contributed by atoms with van der Waals surface area (Å²) < 4.78 is 25.7. The Kier molecular flexibility index (Phi) is 5.57. The third-order valence-electron chi connectivity index (χ3n) is 7.88. The molecule has 3 nitrogen and oxygen atoms in total. The standard InChI is InChI=1S/C27H33BrFNO2/c1-25-10-20-11-26(2,15-25)17-27(12-20,16-25)30-13-19-8-22(28)24(23(9-19)31-3)32-14-18-4-6-21(29)7-5-18/h4-9,20,30H,10-17H2,1-3H3/t20?,25-,26+,27?. The van der Waals surface area contributed by atoms with Crippen molar-refractivity contribution in [3.05, 3.63) is 57.8 Å². The SMILES string of the molecule is COc1cc(CNC23CC4C[C@@](C)(C2)C[C@](C)(C4)C3)cc(Br)c1OCc1ccc(F)cc1. The third kappa shape index (κ3) is 4.31. The van der Waals surface area contributed by atoms with Gasteiger partial charge in [-0.2, -0.15) is 0 Å². The lowest BCUT2D eigenvalue weighted by Gasteiger charge is -2.65. The van der Waals surface area contributed by atoms with Crippen molar-refractivity contribution >= 4 is 15.9 Å². The highest BCUT2D eigenvalue weighted by Crippen LogP contribution is 2.66. The van der Waals surface area contributed by atoms with Crippen LogP contribution in [-0.4, -0.2) is 12.6 Å². The molecule has 4 aliphatic rings. The summed E-state index contributed by atoms with van der Waals surface area (Å²) in [5.41, 5.74) is 3.36. The minimum Gasteiger partial charge on any atom is -0.493 e. The van der Waals surface area contributed by atoms with Gasteiger partial charge >= 0.3 is 0 Å². The van der Waals surface area contributed by atoms with Gasteiger partial charge in [0.05, 0.1) is 11.6 Å². The molecule has 0 saturated heterocycles. The zero-order valence-electron chi connectivity index (χ0n) is 19.3. The quantitative estimate of drug-likeness (QED) is 0.442. The van der Waals surface area contributed by atoms with E-state index in [-0.39, 0.29) is 11.4 Å². The second-order valence-electron chi connectivity index (χ2n) is 11.3. The van der Waals surface area contributed by atoms with E-state index >= 15 is 0 Å². The van der Waals surface area contributed by atoms with Crippen molar-refractivity contribution in [3.8, 4) is 11.5 Å². The van der Waals surface area contributed by atoms with Crippen LogP contribution < -0.4 is 14.8 Å². The molecule has 0 aromatic heterocycles. The highest BCUT2D eigenvalue weighted by molar-refractivity contribution is 9.10. The molecule has 4 aliphatic carbocycles. The van der Waals surface area contributed by atoms with E-state index in [0.717, 1.165) is 22.5 Å². The smallest absolute Gasteiger partial charge is 0.175 e. The molecule has 4 bridgehead atoms. The Hall–Kier alpha value is -1.59. The summed E-state index contributed by atoms with van der Waals surface area (Å²) in [4.78, 5) is 0. The number of rotatable bonds is 7. The zero-order valence-corrected chi connectivity index (χ0v) is 20.9. The minimum atomic E-state index is -0.244. The molecule has 0 spiro atoms. The van der Waals surface area contributed by atoms with E-state index < -0.39 is 0 Å². The third-order valence-corrected chi connectivity index (χ3v) is 8.47. The summed E-state index contributed by atoms with van der Waals surface area (Å²) in [5.74, 6) is 2.02. The highest BCUT2D eigenvalue weighted by Gasteiger charge is 2.59. The van der Waals surface area contributed by atoms with Gasteiger partial charge in [-0.25, -0.2) is 4.39 Å². The van der Waals surface area contributed by atoms with E-state index in [1.165, 1.54) is 56.2 Å². The van der Waals surface area contributed by atoms with Crippen LogP contribution in [0.4, 0.5) is 4.39 Å². The summed E-state index contributed by atoms with van der Waals surface area (Å²) in [5, 5.41) is 4.00. The Morgan fingerprint density at radius 1 is 1.00 bits per heavy atom. The average molecular weight is 502 g/mol. The molecule has 4 fully saturated rings. The highest BCUT2D eigenvalue weighted by atomic mass is 79.9. The predicted octanol–water partition coefficient (Wildman–Crippen LogP) is 7.01. The normalized spacial score (nSPS) is 32.8. The summed E-state index contributed by atoms with van der Waals surface area (Å²) >= 11 is 3.68. The molecule has 2 aromatic rings. The molecule has 172 valence electrons. The Balaban J connectivity index is 1.30. The molecule has 5 heteroatoms. The van der Waals surface area contributed by atoms with Gasteiger partial charge in [-0.1, -0.05) is 26.0 Å². The molecule has 1 N–H and O–H groups in total. The van der Waals surface area contributed by atoms with Crippen LogP contribution >= 0.6 is 15.9 Å². The van der Waals surface area contributed by atoms with Crippen molar-refractivity contribution in [1.82, 2.24) is 5.32 Å². The Morgan fingerprint density at radius 2 is 1.69 bits per heavy atom. The van der Waals surface area contributed by atoms with Gasteiger partial charge in [0.1, 0.15) is 12.4 Å². The second kappa shape index (κ2) is 8.02. The minimum absolute atomic E-state index is 0.244. The van der Waals surface area contributed by atoms with Crippen molar-refractivity contribution in [2.24, 2.45) is 16.7 Å². The lowest BCUT2D eigenvalue weighted by atomic mass is 9.43. The Bertz CT molecular complexity index is 989. The molecule has 4 saturated carbocycles. The van der Waals surface area contributed by atoms with Gasteiger partial charge in [-0.3, -0.25) is 0 Å². The van der Waals surface area contributed by atoms with Crippen LogP contribution in [0.5, 0.6) is 11.5 Å². The van der Waals surface area contributed by atoms with E-state index in [1.807, 2.05) is 0 Å². The molecular formula is C27H33BrFNO2. The molecule has 2 aromatic carbocycles. The van der Waals surface area contributed by atoms with Crippen LogP contribution in [0.1, 0.15) is 63.5 Å². The molecule has 0 heterocycles. The van der Waals surface area contributed by atoms with Gasteiger partial charge < -0.3 is 14.8 Å². The van der Waals surface area contributed by atoms with Gasteiger partial charge in [0, 0.05) is 12.1 Å². The first-order chi connectivity index (χ1) is 15.2.